The number of hydrogen-bond acceptors (Lipinski definition) is 7. The lowest BCUT2D eigenvalue weighted by molar-refractivity contribution is -0.155. The quantitative estimate of drug-likeness (QED) is 0.138. The molecule has 0 radical (unpaired) electrons. The maximum Gasteiger partial charge on any atom is 0.414 e. The molecule has 2 heterocycles. The molecule has 0 fully saturated rings. The second-order valence-electron chi connectivity index (χ2n) is 10.4. The third-order valence-corrected chi connectivity index (χ3v) is 6.46. The van der Waals surface area contributed by atoms with E-state index in [4.69, 9.17) is 14.2 Å². The van der Waals surface area contributed by atoms with Gasteiger partial charge in [-0.1, -0.05) is 48.5 Å². The Hall–Kier alpha value is -4.92. The van der Waals surface area contributed by atoms with E-state index >= 15 is 0 Å². The summed E-state index contributed by atoms with van der Waals surface area (Å²) in [7, 11) is 0. The van der Waals surface area contributed by atoms with Gasteiger partial charge in [-0.2, -0.15) is 0 Å². The zero-order valence-corrected chi connectivity index (χ0v) is 22.4. The Labute approximate surface area is 231 Å². The number of carbonyl (C=O) groups is 3. The molecular formula is C31H29N3O6. The van der Waals surface area contributed by atoms with E-state index in [0.29, 0.717) is 10.9 Å². The van der Waals surface area contributed by atoms with Crippen molar-refractivity contribution in [2.75, 3.05) is 6.61 Å². The van der Waals surface area contributed by atoms with Crippen LogP contribution in [0, 0.1) is 0 Å². The summed E-state index contributed by atoms with van der Waals surface area (Å²) in [5, 5.41) is 3.20. The molecule has 2 aromatic heterocycles. The summed E-state index contributed by atoms with van der Waals surface area (Å²) >= 11 is 0. The van der Waals surface area contributed by atoms with Crippen LogP contribution < -0.4 is 5.32 Å². The summed E-state index contributed by atoms with van der Waals surface area (Å²) in [6, 6.07) is 17.8. The van der Waals surface area contributed by atoms with E-state index in [9.17, 15) is 14.4 Å². The molecule has 204 valence electrons. The maximum atomic E-state index is 12.8. The Morgan fingerprint density at radius 2 is 1.70 bits per heavy atom. The number of aromatic nitrogens is 2. The molecule has 9 nitrogen and oxygen atoms in total. The van der Waals surface area contributed by atoms with Crippen LogP contribution in [0.2, 0.25) is 0 Å². The molecule has 40 heavy (non-hydrogen) atoms. The summed E-state index contributed by atoms with van der Waals surface area (Å²) in [4.78, 5) is 40.7. The number of esters is 1. The minimum Gasteiger partial charge on any atom is -0.459 e. The van der Waals surface area contributed by atoms with Crippen LogP contribution in [0.15, 0.2) is 79.1 Å². The first kappa shape index (κ1) is 26.7. The molecule has 9 heteroatoms. The normalized spacial score (nSPS) is 12.9. The van der Waals surface area contributed by atoms with Crippen LogP contribution in [0.1, 0.15) is 43.4 Å². The van der Waals surface area contributed by atoms with Crippen molar-refractivity contribution in [1.82, 2.24) is 14.9 Å². The summed E-state index contributed by atoms with van der Waals surface area (Å²) in [6.07, 6.45) is 5.64. The van der Waals surface area contributed by atoms with Gasteiger partial charge in [0.05, 0.1) is 5.52 Å². The number of ether oxygens (including phenoxy) is 3. The fourth-order valence-electron chi connectivity index (χ4n) is 4.95. The van der Waals surface area contributed by atoms with Gasteiger partial charge in [0, 0.05) is 41.5 Å². The zero-order valence-electron chi connectivity index (χ0n) is 22.4. The van der Waals surface area contributed by atoms with Crippen molar-refractivity contribution in [3.05, 3.63) is 95.8 Å². The fourth-order valence-corrected chi connectivity index (χ4v) is 4.95. The Morgan fingerprint density at radius 3 is 2.35 bits per heavy atom. The van der Waals surface area contributed by atoms with E-state index in [-0.39, 0.29) is 31.4 Å². The molecule has 5 rings (SSSR count). The van der Waals surface area contributed by atoms with E-state index in [1.54, 1.807) is 50.0 Å². The number of hydrogen-bond donors (Lipinski definition) is 1. The molecule has 4 aromatic rings. The van der Waals surface area contributed by atoms with Gasteiger partial charge in [-0.15, -0.1) is 0 Å². The average Bonchev–Trinajstić information content (AvgIpc) is 3.42. The minimum absolute atomic E-state index is 0.0324. The van der Waals surface area contributed by atoms with E-state index in [0.717, 1.165) is 27.8 Å². The molecule has 0 bridgehead atoms. The van der Waals surface area contributed by atoms with Crippen molar-refractivity contribution >= 4 is 35.5 Å². The highest BCUT2D eigenvalue weighted by Crippen LogP contribution is 2.44. The summed E-state index contributed by atoms with van der Waals surface area (Å²) in [6.45, 7) is 5.69. The van der Waals surface area contributed by atoms with Gasteiger partial charge in [0.2, 0.25) is 5.88 Å². The lowest BCUT2D eigenvalue weighted by Crippen LogP contribution is -2.26. The molecule has 1 aliphatic rings. The largest absolute Gasteiger partial charge is 0.459 e. The molecule has 0 unspecified atom stereocenters. The molecule has 2 aromatic carbocycles. The number of alkyl carbamates (subject to hydrolysis) is 1. The first-order valence-corrected chi connectivity index (χ1v) is 12.8. The number of fused-ring (bicyclic) bond motifs is 4. The lowest BCUT2D eigenvalue weighted by atomic mass is 9.98. The average molecular weight is 540 g/mol. The van der Waals surface area contributed by atoms with Crippen molar-refractivity contribution < 1.29 is 28.6 Å². The predicted octanol–water partition coefficient (Wildman–Crippen LogP) is 5.39. The second-order valence-corrected chi connectivity index (χ2v) is 10.4. The number of amides is 1. The van der Waals surface area contributed by atoms with Gasteiger partial charge >= 0.3 is 12.1 Å². The van der Waals surface area contributed by atoms with Gasteiger partial charge in [-0.25, -0.2) is 4.79 Å². The van der Waals surface area contributed by atoms with Gasteiger partial charge in [0.25, 0.3) is 6.47 Å². The number of nitrogens with zero attached hydrogens (tertiary/aromatic N) is 2. The summed E-state index contributed by atoms with van der Waals surface area (Å²) < 4.78 is 17.8. The van der Waals surface area contributed by atoms with Crippen molar-refractivity contribution in [3.8, 4) is 11.1 Å². The summed E-state index contributed by atoms with van der Waals surface area (Å²) in [5.41, 5.74) is 5.08. The topological polar surface area (TPSA) is 109 Å². The molecule has 0 aliphatic heterocycles. The van der Waals surface area contributed by atoms with Crippen LogP contribution in [0.3, 0.4) is 0 Å². The number of rotatable bonds is 8. The van der Waals surface area contributed by atoms with Crippen molar-refractivity contribution in [3.63, 3.8) is 0 Å². The number of carbonyl (C=O) groups excluding carboxylic acids is 3. The van der Waals surface area contributed by atoms with E-state index in [1.807, 2.05) is 36.4 Å². The Bertz CT molecular complexity index is 1570. The zero-order chi connectivity index (χ0) is 28.3. The van der Waals surface area contributed by atoms with E-state index in [1.165, 1.54) is 6.08 Å². The monoisotopic (exact) mass is 539 g/mol. The van der Waals surface area contributed by atoms with E-state index in [2.05, 4.69) is 22.4 Å². The molecule has 1 amide bonds. The first-order chi connectivity index (χ1) is 19.2. The Balaban J connectivity index is 1.33. The van der Waals surface area contributed by atoms with Crippen LogP contribution in [0.25, 0.3) is 28.1 Å². The first-order valence-electron chi connectivity index (χ1n) is 12.8. The molecule has 1 aliphatic carbocycles. The van der Waals surface area contributed by atoms with Gasteiger partial charge in [-0.05, 0) is 49.1 Å². The highest BCUT2D eigenvalue weighted by Gasteiger charge is 2.29. The highest BCUT2D eigenvalue weighted by molar-refractivity contribution is 5.90. The highest BCUT2D eigenvalue weighted by atomic mass is 16.6. The van der Waals surface area contributed by atoms with Crippen LogP contribution in [-0.2, 0) is 30.3 Å². The number of benzene rings is 2. The third kappa shape index (κ3) is 5.73. The second kappa shape index (κ2) is 11.1. The molecule has 0 saturated carbocycles. The van der Waals surface area contributed by atoms with Crippen LogP contribution in [-0.4, -0.2) is 40.3 Å². The van der Waals surface area contributed by atoms with Gasteiger partial charge in [-0.3, -0.25) is 19.9 Å². The fraction of sp³-hybridized carbons (Fsp3) is 0.226. The predicted molar refractivity (Wildman–Crippen MR) is 149 cm³/mol. The SMILES string of the molecule is CC(C)(C)OC(=O)Cn1cc(/C=C(/NC(=O)OCC2c3ccccc3-c3ccccc32)OC=O)c2cnccc21. The van der Waals surface area contributed by atoms with Crippen molar-refractivity contribution in [1.29, 1.82) is 0 Å². The van der Waals surface area contributed by atoms with E-state index < -0.39 is 17.7 Å². The van der Waals surface area contributed by atoms with Crippen molar-refractivity contribution in [2.24, 2.45) is 0 Å². The molecular weight excluding hydrogens is 510 g/mol. The van der Waals surface area contributed by atoms with Gasteiger partial charge < -0.3 is 18.8 Å². The Kier molecular flexibility index (Phi) is 7.37. The molecule has 0 saturated heterocycles. The van der Waals surface area contributed by atoms with Crippen molar-refractivity contribution in [2.45, 2.75) is 38.8 Å². The maximum absolute atomic E-state index is 12.8. The van der Waals surface area contributed by atoms with Crippen LogP contribution >= 0.6 is 0 Å². The smallest absolute Gasteiger partial charge is 0.414 e. The third-order valence-electron chi connectivity index (χ3n) is 6.46. The van der Waals surface area contributed by atoms with Crippen LogP contribution in [0.5, 0.6) is 0 Å². The lowest BCUT2D eigenvalue weighted by Gasteiger charge is -2.19. The minimum atomic E-state index is -0.773. The van der Waals surface area contributed by atoms with Gasteiger partial charge in [0.1, 0.15) is 18.8 Å². The van der Waals surface area contributed by atoms with Gasteiger partial charge in [0.15, 0.2) is 0 Å². The van der Waals surface area contributed by atoms with Crippen LogP contribution in [0.4, 0.5) is 4.79 Å². The number of pyridine rings is 1. The molecule has 0 spiro atoms. The standard InChI is InChI=1S/C31H29N3O6/c1-31(2,3)40-29(36)17-34-16-20(25-15-32-13-12-27(25)34)14-28(39-19-35)33-30(37)38-18-26-23-10-6-4-8-21(23)22-9-5-7-11-24(22)26/h4-16,19,26H,17-18H2,1-3H3,(H,33,37)/b28-14-. The molecule has 0 atom stereocenters. The number of nitrogens with one attached hydrogen (secondary N) is 1. The molecule has 1 N–H and O–H groups in total. The Morgan fingerprint density at radius 1 is 1.02 bits per heavy atom. The summed E-state index contributed by atoms with van der Waals surface area (Å²) in [5.74, 6) is -0.653.